The van der Waals surface area contributed by atoms with Gasteiger partial charge in [0.2, 0.25) is 5.91 Å². The molecule has 0 bridgehead atoms. The van der Waals surface area contributed by atoms with E-state index in [-0.39, 0.29) is 16.8 Å². The largest absolute Gasteiger partial charge is 0.325 e. The van der Waals surface area contributed by atoms with Crippen LogP contribution in [0.3, 0.4) is 0 Å². The highest BCUT2D eigenvalue weighted by Crippen LogP contribution is 2.37. The molecule has 0 radical (unpaired) electrons. The van der Waals surface area contributed by atoms with E-state index < -0.39 is 11.1 Å². The van der Waals surface area contributed by atoms with Crippen molar-refractivity contribution in [3.63, 3.8) is 0 Å². The maximum absolute atomic E-state index is 13.5. The summed E-state index contributed by atoms with van der Waals surface area (Å²) in [4.78, 5) is 27.0. The van der Waals surface area contributed by atoms with Crippen molar-refractivity contribution >= 4 is 57.9 Å². The van der Waals surface area contributed by atoms with E-state index in [0.717, 1.165) is 10.5 Å². The van der Waals surface area contributed by atoms with Crippen LogP contribution in [0.15, 0.2) is 95.2 Å². The van der Waals surface area contributed by atoms with E-state index in [1.54, 1.807) is 12.1 Å². The molecule has 166 valence electrons. The van der Waals surface area contributed by atoms with Crippen molar-refractivity contribution in [2.75, 3.05) is 10.6 Å². The summed E-state index contributed by atoms with van der Waals surface area (Å²) in [6, 6.07) is 24.3. The number of anilines is 2. The number of benzene rings is 3. The van der Waals surface area contributed by atoms with Gasteiger partial charge in [-0.05, 0) is 53.4 Å². The molecule has 1 aromatic heterocycles. The Morgan fingerprint density at radius 1 is 0.879 bits per heavy atom. The van der Waals surface area contributed by atoms with Gasteiger partial charge in [0, 0.05) is 16.3 Å². The van der Waals surface area contributed by atoms with Gasteiger partial charge in [-0.25, -0.2) is 4.39 Å². The highest BCUT2D eigenvalue weighted by atomic mass is 35.5. The van der Waals surface area contributed by atoms with Crippen LogP contribution in [0.2, 0.25) is 5.02 Å². The second-order valence-electron chi connectivity index (χ2n) is 6.99. The zero-order valence-corrected chi connectivity index (χ0v) is 19.5. The summed E-state index contributed by atoms with van der Waals surface area (Å²) in [5, 5.41) is 6.90. The van der Waals surface area contributed by atoms with Crippen LogP contribution >= 0.6 is 34.7 Å². The Labute approximate surface area is 203 Å². The monoisotopic (exact) mass is 496 g/mol. The average Bonchev–Trinajstić information content (AvgIpc) is 3.36. The third kappa shape index (κ3) is 6.01. The van der Waals surface area contributed by atoms with Crippen LogP contribution in [-0.4, -0.2) is 11.8 Å². The normalized spacial score (nSPS) is 11.6. The first-order chi connectivity index (χ1) is 16.0. The molecule has 0 fully saturated rings. The summed E-state index contributed by atoms with van der Waals surface area (Å²) in [6.45, 7) is 0. The van der Waals surface area contributed by atoms with Gasteiger partial charge in [-0.1, -0.05) is 54.1 Å². The molecule has 0 saturated carbocycles. The quantitative estimate of drug-likeness (QED) is 0.264. The van der Waals surface area contributed by atoms with Gasteiger partial charge >= 0.3 is 0 Å². The maximum atomic E-state index is 13.5. The van der Waals surface area contributed by atoms with Gasteiger partial charge in [0.25, 0.3) is 5.91 Å². The van der Waals surface area contributed by atoms with E-state index in [2.05, 4.69) is 10.6 Å². The third-order valence-electron chi connectivity index (χ3n) is 4.62. The van der Waals surface area contributed by atoms with Gasteiger partial charge in [0.1, 0.15) is 11.1 Å². The molecule has 2 N–H and O–H groups in total. The van der Waals surface area contributed by atoms with Crippen LogP contribution < -0.4 is 10.6 Å². The fourth-order valence-corrected chi connectivity index (χ4v) is 4.95. The van der Waals surface area contributed by atoms with Crippen LogP contribution in [0.1, 0.15) is 20.5 Å². The molecule has 0 saturated heterocycles. The van der Waals surface area contributed by atoms with Crippen LogP contribution in [0.5, 0.6) is 0 Å². The van der Waals surface area contributed by atoms with Crippen molar-refractivity contribution in [2.24, 2.45) is 0 Å². The highest BCUT2D eigenvalue weighted by Gasteiger charge is 2.23. The predicted octanol–water partition coefficient (Wildman–Crippen LogP) is 7.27. The number of carbonyl (C=O) groups is 2. The van der Waals surface area contributed by atoms with Crippen molar-refractivity contribution in [1.82, 2.24) is 0 Å². The molecule has 0 aliphatic rings. The van der Waals surface area contributed by atoms with E-state index in [9.17, 15) is 14.0 Å². The number of thiophene rings is 1. The van der Waals surface area contributed by atoms with E-state index in [0.29, 0.717) is 16.3 Å². The summed E-state index contributed by atoms with van der Waals surface area (Å²) in [6.07, 6.45) is 0. The first kappa shape index (κ1) is 23.0. The van der Waals surface area contributed by atoms with Crippen molar-refractivity contribution in [2.45, 2.75) is 10.1 Å². The summed E-state index contributed by atoms with van der Waals surface area (Å²) in [5.41, 5.74) is 1.85. The number of halogens is 2. The molecule has 1 heterocycles. The molecular weight excluding hydrogens is 479 g/mol. The van der Waals surface area contributed by atoms with E-state index in [1.807, 2.05) is 60.0 Å². The van der Waals surface area contributed by atoms with Gasteiger partial charge in [0.15, 0.2) is 0 Å². The van der Waals surface area contributed by atoms with Gasteiger partial charge in [-0.15, -0.1) is 23.1 Å². The van der Waals surface area contributed by atoms with Crippen molar-refractivity contribution in [3.8, 4) is 0 Å². The van der Waals surface area contributed by atoms with Crippen LogP contribution in [0.4, 0.5) is 15.8 Å². The van der Waals surface area contributed by atoms with Crippen LogP contribution in [0.25, 0.3) is 0 Å². The molecule has 4 rings (SSSR count). The van der Waals surface area contributed by atoms with E-state index in [4.69, 9.17) is 11.6 Å². The molecule has 33 heavy (non-hydrogen) atoms. The lowest BCUT2D eigenvalue weighted by atomic mass is 10.1. The number of rotatable bonds is 7. The minimum atomic E-state index is -0.585. The number of nitrogens with one attached hydrogen (secondary N) is 2. The first-order valence-corrected chi connectivity index (χ1v) is 12.1. The molecule has 4 aromatic rings. The van der Waals surface area contributed by atoms with Gasteiger partial charge in [-0.2, -0.15) is 0 Å². The lowest BCUT2D eigenvalue weighted by Gasteiger charge is -2.18. The first-order valence-electron chi connectivity index (χ1n) is 9.92. The van der Waals surface area contributed by atoms with Crippen molar-refractivity contribution < 1.29 is 14.0 Å². The predicted molar refractivity (Wildman–Crippen MR) is 134 cm³/mol. The number of amides is 2. The average molecular weight is 497 g/mol. The lowest BCUT2D eigenvalue weighted by Crippen LogP contribution is -2.19. The summed E-state index contributed by atoms with van der Waals surface area (Å²) in [5.74, 6) is -1.01. The fraction of sp³-hybridized carbons (Fsp3) is 0.0400. The van der Waals surface area contributed by atoms with E-state index in [1.165, 1.54) is 41.3 Å². The Morgan fingerprint density at radius 2 is 1.67 bits per heavy atom. The Balaban J connectivity index is 1.55. The molecule has 2 amide bonds. The molecule has 1 unspecified atom stereocenters. The second kappa shape index (κ2) is 10.7. The van der Waals surface area contributed by atoms with Crippen molar-refractivity contribution in [1.29, 1.82) is 0 Å². The minimum absolute atomic E-state index is 0.0640. The zero-order chi connectivity index (χ0) is 23.2. The van der Waals surface area contributed by atoms with Crippen molar-refractivity contribution in [3.05, 3.63) is 112 Å². The minimum Gasteiger partial charge on any atom is -0.325 e. The van der Waals surface area contributed by atoms with Gasteiger partial charge in [0.05, 0.1) is 9.90 Å². The molecular formula is C25H18ClFN2O2S2. The topological polar surface area (TPSA) is 58.2 Å². The molecule has 3 aromatic carbocycles. The van der Waals surface area contributed by atoms with Crippen LogP contribution in [-0.2, 0) is 4.79 Å². The number of thioether (sulfide) groups is 1. The second-order valence-corrected chi connectivity index (χ2v) is 9.52. The summed E-state index contributed by atoms with van der Waals surface area (Å²) < 4.78 is 13.5. The standard InChI is InChI=1S/C25H18ClFN2O2S2/c26-20-15-18(11-12-21(20)27)29-25(31)23(16-6-2-1-3-7-16)33-19-9-4-8-17(14-19)28-24(30)22-10-5-13-32-22/h1-15,23H,(H,28,30)(H,29,31). The molecule has 1 atom stereocenters. The maximum Gasteiger partial charge on any atom is 0.265 e. The van der Waals surface area contributed by atoms with Gasteiger partial charge in [-0.3, -0.25) is 9.59 Å². The Morgan fingerprint density at radius 3 is 2.39 bits per heavy atom. The molecule has 0 aliphatic carbocycles. The summed E-state index contributed by atoms with van der Waals surface area (Å²) in [7, 11) is 0. The number of hydrogen-bond acceptors (Lipinski definition) is 4. The molecule has 0 aliphatic heterocycles. The third-order valence-corrected chi connectivity index (χ3v) is 7.02. The SMILES string of the molecule is O=C(Nc1cccc(SC(C(=O)Nc2ccc(F)c(Cl)c2)c2ccccc2)c1)c1cccs1. The Hall–Kier alpha value is -3.13. The molecule has 8 heteroatoms. The van der Waals surface area contributed by atoms with E-state index >= 15 is 0 Å². The summed E-state index contributed by atoms with van der Waals surface area (Å²) >= 11 is 8.57. The molecule has 4 nitrogen and oxygen atoms in total. The molecule has 0 spiro atoms. The lowest BCUT2D eigenvalue weighted by molar-refractivity contribution is -0.115. The Bertz CT molecular complexity index is 1270. The fourth-order valence-electron chi connectivity index (χ4n) is 3.07. The number of carbonyl (C=O) groups excluding carboxylic acids is 2. The van der Waals surface area contributed by atoms with Crippen LogP contribution in [0, 0.1) is 5.82 Å². The smallest absolute Gasteiger partial charge is 0.265 e. The number of hydrogen-bond donors (Lipinski definition) is 2. The zero-order valence-electron chi connectivity index (χ0n) is 17.1. The highest BCUT2D eigenvalue weighted by molar-refractivity contribution is 8.00. The Kier molecular flexibility index (Phi) is 7.44. The van der Waals surface area contributed by atoms with Gasteiger partial charge < -0.3 is 10.6 Å².